The van der Waals surface area contributed by atoms with Crippen LogP contribution in [0, 0.1) is 24.0 Å². The van der Waals surface area contributed by atoms with Gasteiger partial charge in [-0.25, -0.2) is 4.98 Å². The van der Waals surface area contributed by atoms with E-state index in [9.17, 15) is 10.1 Å². The highest BCUT2D eigenvalue weighted by molar-refractivity contribution is 5.53. The van der Waals surface area contributed by atoms with E-state index in [1.807, 2.05) is 6.07 Å². The van der Waals surface area contributed by atoms with Gasteiger partial charge in [0.2, 0.25) is 0 Å². The monoisotopic (exact) mass is 274 g/mol. The molecule has 1 heterocycles. The number of nitro benzene ring substituents is 1. The molecule has 20 heavy (non-hydrogen) atoms. The van der Waals surface area contributed by atoms with Gasteiger partial charge in [-0.3, -0.25) is 15.1 Å². The molecule has 0 unspecified atom stereocenters. The third kappa shape index (κ3) is 3.00. The van der Waals surface area contributed by atoms with Gasteiger partial charge < -0.3 is 10.5 Å². The molecule has 7 heteroatoms. The lowest BCUT2D eigenvalue weighted by Gasteiger charge is -2.10. The van der Waals surface area contributed by atoms with Crippen molar-refractivity contribution in [3.63, 3.8) is 0 Å². The molecule has 0 amide bonds. The number of hydrogen-bond acceptors (Lipinski definition) is 6. The molecule has 0 fully saturated rings. The van der Waals surface area contributed by atoms with Crippen LogP contribution in [0.15, 0.2) is 24.5 Å². The average Bonchev–Trinajstić information content (AvgIpc) is 2.38. The Bertz CT molecular complexity index is 641. The standard InChI is InChI=1S/C13H14N4O3/c1-8-3-9(2)13(11(4-8)17(18)19)20-7-10-5-16-12(14)6-15-10/h3-6H,7H2,1-2H3,(H2,14,16). The maximum Gasteiger partial charge on any atom is 0.311 e. The van der Waals surface area contributed by atoms with E-state index in [1.54, 1.807) is 13.8 Å². The summed E-state index contributed by atoms with van der Waals surface area (Å²) in [5, 5.41) is 11.1. The van der Waals surface area contributed by atoms with Crippen molar-refractivity contribution in [1.29, 1.82) is 0 Å². The van der Waals surface area contributed by atoms with Gasteiger partial charge >= 0.3 is 5.69 Å². The predicted octanol–water partition coefficient (Wildman–Crippen LogP) is 2.16. The van der Waals surface area contributed by atoms with Gasteiger partial charge in [-0.2, -0.15) is 0 Å². The molecule has 2 N–H and O–H groups in total. The van der Waals surface area contributed by atoms with Crippen LogP contribution in [-0.2, 0) is 6.61 Å². The number of nitrogens with zero attached hydrogens (tertiary/aromatic N) is 3. The zero-order chi connectivity index (χ0) is 14.7. The van der Waals surface area contributed by atoms with Gasteiger partial charge in [0.25, 0.3) is 0 Å². The Kier molecular flexibility index (Phi) is 3.79. The Hall–Kier alpha value is -2.70. The second kappa shape index (κ2) is 5.52. The summed E-state index contributed by atoms with van der Waals surface area (Å²) in [6.45, 7) is 3.66. The zero-order valence-corrected chi connectivity index (χ0v) is 11.2. The van der Waals surface area contributed by atoms with Gasteiger partial charge in [0.05, 0.1) is 23.0 Å². The van der Waals surface area contributed by atoms with Gasteiger partial charge in [-0.05, 0) is 25.0 Å². The number of hydrogen-bond donors (Lipinski definition) is 1. The number of aromatic nitrogens is 2. The predicted molar refractivity (Wildman–Crippen MR) is 73.3 cm³/mol. The van der Waals surface area contributed by atoms with Gasteiger partial charge in [0.15, 0.2) is 5.75 Å². The molecule has 0 atom stereocenters. The molecule has 1 aromatic carbocycles. The first-order chi connectivity index (χ1) is 9.47. The van der Waals surface area contributed by atoms with Crippen LogP contribution in [0.2, 0.25) is 0 Å². The number of nitro groups is 1. The topological polar surface area (TPSA) is 104 Å². The van der Waals surface area contributed by atoms with E-state index in [1.165, 1.54) is 18.5 Å². The van der Waals surface area contributed by atoms with Crippen molar-refractivity contribution >= 4 is 11.5 Å². The first-order valence-corrected chi connectivity index (χ1v) is 5.92. The maximum absolute atomic E-state index is 11.1. The van der Waals surface area contributed by atoms with E-state index in [4.69, 9.17) is 10.5 Å². The summed E-state index contributed by atoms with van der Waals surface area (Å²) in [7, 11) is 0. The van der Waals surface area contributed by atoms with Gasteiger partial charge in [0, 0.05) is 6.07 Å². The van der Waals surface area contributed by atoms with Crippen molar-refractivity contribution in [3.8, 4) is 5.75 Å². The van der Waals surface area contributed by atoms with Gasteiger partial charge in [-0.1, -0.05) is 6.07 Å². The molecule has 0 bridgehead atoms. The first-order valence-electron chi connectivity index (χ1n) is 5.92. The van der Waals surface area contributed by atoms with E-state index in [2.05, 4.69) is 9.97 Å². The highest BCUT2D eigenvalue weighted by atomic mass is 16.6. The van der Waals surface area contributed by atoms with Crippen molar-refractivity contribution in [3.05, 3.63) is 51.5 Å². The molecule has 104 valence electrons. The number of aryl methyl sites for hydroxylation is 2. The van der Waals surface area contributed by atoms with Crippen LogP contribution < -0.4 is 10.5 Å². The van der Waals surface area contributed by atoms with Crippen LogP contribution in [0.5, 0.6) is 5.75 Å². The van der Waals surface area contributed by atoms with E-state index < -0.39 is 4.92 Å². The van der Waals surface area contributed by atoms with Crippen molar-refractivity contribution in [1.82, 2.24) is 9.97 Å². The van der Waals surface area contributed by atoms with Crippen LogP contribution in [-0.4, -0.2) is 14.9 Å². The number of ether oxygens (including phenoxy) is 1. The van der Waals surface area contributed by atoms with E-state index in [-0.39, 0.29) is 18.0 Å². The molecule has 0 aliphatic heterocycles. The molecule has 0 spiro atoms. The second-order valence-corrected chi connectivity index (χ2v) is 4.41. The minimum absolute atomic E-state index is 0.0501. The highest BCUT2D eigenvalue weighted by Crippen LogP contribution is 2.32. The van der Waals surface area contributed by atoms with Crippen LogP contribution in [0.1, 0.15) is 16.8 Å². The second-order valence-electron chi connectivity index (χ2n) is 4.41. The molecule has 0 saturated heterocycles. The van der Waals surface area contributed by atoms with Gasteiger partial charge in [0.1, 0.15) is 12.4 Å². The molecule has 2 rings (SSSR count). The van der Waals surface area contributed by atoms with Crippen LogP contribution >= 0.6 is 0 Å². The lowest BCUT2D eigenvalue weighted by Crippen LogP contribution is -2.04. The number of nitrogens with two attached hydrogens (primary N) is 1. The van der Waals surface area contributed by atoms with Gasteiger partial charge in [-0.15, -0.1) is 0 Å². The summed E-state index contributed by atoms with van der Waals surface area (Å²) in [5.74, 6) is 0.561. The lowest BCUT2D eigenvalue weighted by molar-refractivity contribution is -0.386. The average molecular weight is 274 g/mol. The van der Waals surface area contributed by atoms with Crippen molar-refractivity contribution in [2.45, 2.75) is 20.5 Å². The lowest BCUT2D eigenvalue weighted by atomic mass is 10.1. The maximum atomic E-state index is 11.1. The molecule has 2 aromatic rings. The Morgan fingerprint density at radius 2 is 2.05 bits per heavy atom. The molecular weight excluding hydrogens is 260 g/mol. The Morgan fingerprint density at radius 1 is 1.30 bits per heavy atom. The molecule has 7 nitrogen and oxygen atoms in total. The Balaban J connectivity index is 2.24. The zero-order valence-electron chi connectivity index (χ0n) is 11.2. The molecule has 0 aliphatic rings. The summed E-state index contributed by atoms with van der Waals surface area (Å²) < 4.78 is 5.53. The van der Waals surface area contributed by atoms with E-state index in [0.29, 0.717) is 17.1 Å². The minimum Gasteiger partial charge on any atom is -0.480 e. The quantitative estimate of drug-likeness (QED) is 0.676. The fraction of sp³-hybridized carbons (Fsp3) is 0.231. The normalized spacial score (nSPS) is 10.3. The number of anilines is 1. The summed E-state index contributed by atoms with van der Waals surface area (Å²) in [6, 6.07) is 3.31. The first kappa shape index (κ1) is 13.7. The van der Waals surface area contributed by atoms with E-state index in [0.717, 1.165) is 5.56 Å². The highest BCUT2D eigenvalue weighted by Gasteiger charge is 2.18. The third-order valence-corrected chi connectivity index (χ3v) is 2.69. The number of benzene rings is 1. The van der Waals surface area contributed by atoms with Crippen molar-refractivity contribution in [2.75, 3.05) is 5.73 Å². The Labute approximate surface area is 115 Å². The van der Waals surface area contributed by atoms with Crippen molar-refractivity contribution in [2.24, 2.45) is 0 Å². The third-order valence-electron chi connectivity index (χ3n) is 2.69. The summed E-state index contributed by atoms with van der Waals surface area (Å²) >= 11 is 0. The molecule has 0 aliphatic carbocycles. The molecule has 0 radical (unpaired) electrons. The number of rotatable bonds is 4. The molecule has 0 saturated carbocycles. The van der Waals surface area contributed by atoms with Crippen molar-refractivity contribution < 1.29 is 9.66 Å². The SMILES string of the molecule is Cc1cc(C)c(OCc2cnc(N)cn2)c([N+](=O)[O-])c1. The molecule has 1 aromatic heterocycles. The van der Waals surface area contributed by atoms with Crippen LogP contribution in [0.4, 0.5) is 11.5 Å². The van der Waals surface area contributed by atoms with E-state index >= 15 is 0 Å². The minimum atomic E-state index is -0.454. The Morgan fingerprint density at radius 3 is 2.65 bits per heavy atom. The number of nitrogen functional groups attached to an aromatic ring is 1. The fourth-order valence-electron chi connectivity index (χ4n) is 1.84. The molecular formula is C13H14N4O3. The fourth-order valence-corrected chi connectivity index (χ4v) is 1.84. The largest absolute Gasteiger partial charge is 0.480 e. The van der Waals surface area contributed by atoms with Crippen LogP contribution in [0.25, 0.3) is 0 Å². The summed E-state index contributed by atoms with van der Waals surface area (Å²) in [6.07, 6.45) is 2.89. The van der Waals surface area contributed by atoms with Crippen LogP contribution in [0.3, 0.4) is 0 Å². The summed E-state index contributed by atoms with van der Waals surface area (Å²) in [5.41, 5.74) is 7.46. The smallest absolute Gasteiger partial charge is 0.311 e. The summed E-state index contributed by atoms with van der Waals surface area (Å²) in [4.78, 5) is 18.5.